The predicted molar refractivity (Wildman–Crippen MR) is 149 cm³/mol. The van der Waals surface area contributed by atoms with Crippen molar-refractivity contribution >= 4 is 5.57 Å². The second kappa shape index (κ2) is 19.5. The molecule has 0 fully saturated rings. The summed E-state index contributed by atoms with van der Waals surface area (Å²) in [5.41, 5.74) is 8.49. The summed E-state index contributed by atoms with van der Waals surface area (Å²) in [5.74, 6) is 0.949. The summed E-state index contributed by atoms with van der Waals surface area (Å²) in [6.45, 7) is 27.0. The maximum absolute atomic E-state index is 4.59. The lowest BCUT2D eigenvalue weighted by Gasteiger charge is -2.08. The van der Waals surface area contributed by atoms with Gasteiger partial charge in [0.25, 0.3) is 0 Å². The van der Waals surface area contributed by atoms with Gasteiger partial charge in [-0.05, 0) is 69.7 Å². The van der Waals surface area contributed by atoms with Crippen molar-refractivity contribution in [2.24, 2.45) is 5.92 Å². The van der Waals surface area contributed by atoms with E-state index in [1.165, 1.54) is 52.7 Å². The molecule has 1 heteroatoms. The Labute approximate surface area is 201 Å². The fourth-order valence-corrected chi connectivity index (χ4v) is 2.80. The van der Waals surface area contributed by atoms with E-state index in [1.807, 2.05) is 33.9 Å². The molecule has 1 aromatic heterocycles. The lowest BCUT2D eigenvalue weighted by atomic mass is 10.0. The van der Waals surface area contributed by atoms with Crippen LogP contribution < -0.4 is 0 Å². The first-order valence-electron chi connectivity index (χ1n) is 12.5. The van der Waals surface area contributed by atoms with Crippen LogP contribution in [-0.4, -0.2) is 4.98 Å². The van der Waals surface area contributed by atoms with Crippen LogP contribution in [0.4, 0.5) is 0 Å². The minimum atomic E-state index is 0.949. The molecule has 0 aliphatic carbocycles. The number of hydrogen-bond acceptors (Lipinski definition) is 1. The van der Waals surface area contributed by atoms with Gasteiger partial charge in [0.2, 0.25) is 0 Å². The molecule has 2 rings (SSSR count). The summed E-state index contributed by atoms with van der Waals surface area (Å²) in [6, 6.07) is 10.7. The molecule has 32 heavy (non-hydrogen) atoms. The molecule has 1 unspecified atom stereocenters. The van der Waals surface area contributed by atoms with Gasteiger partial charge >= 0.3 is 0 Å². The van der Waals surface area contributed by atoms with Crippen LogP contribution in [0.3, 0.4) is 0 Å². The minimum Gasteiger partial charge on any atom is -0.256 e. The van der Waals surface area contributed by atoms with E-state index in [2.05, 4.69) is 96.4 Å². The molecule has 0 aliphatic rings. The van der Waals surface area contributed by atoms with Crippen molar-refractivity contribution in [1.29, 1.82) is 0 Å². The van der Waals surface area contributed by atoms with Crippen LogP contribution in [0, 0.1) is 19.8 Å². The third kappa shape index (κ3) is 14.0. The van der Waals surface area contributed by atoms with Crippen LogP contribution in [0.1, 0.15) is 105 Å². The van der Waals surface area contributed by atoms with E-state index in [4.69, 9.17) is 0 Å². The fourth-order valence-electron chi connectivity index (χ4n) is 2.80. The maximum atomic E-state index is 4.59. The average Bonchev–Trinajstić information content (AvgIpc) is 2.80. The van der Waals surface area contributed by atoms with Gasteiger partial charge in [-0.2, -0.15) is 0 Å². The second-order valence-electron chi connectivity index (χ2n) is 8.34. The Morgan fingerprint density at radius 1 is 1.03 bits per heavy atom. The third-order valence-corrected chi connectivity index (χ3v) is 5.32. The summed E-state index contributed by atoms with van der Waals surface area (Å²) >= 11 is 0. The molecule has 0 spiro atoms. The Bertz CT molecular complexity index is 783. The maximum Gasteiger partial charge on any atom is 0.0685 e. The summed E-state index contributed by atoms with van der Waals surface area (Å²) in [5, 5.41) is 0. The zero-order valence-corrected chi connectivity index (χ0v) is 23.1. The Kier molecular flexibility index (Phi) is 19.5. The number of nitrogens with zero attached hydrogens (tertiary/aromatic N) is 1. The van der Waals surface area contributed by atoms with Crippen molar-refractivity contribution in [2.75, 3.05) is 0 Å². The van der Waals surface area contributed by atoms with E-state index in [1.54, 1.807) is 0 Å². The Morgan fingerprint density at radius 2 is 1.62 bits per heavy atom. The molecule has 0 saturated carbocycles. The SMILES string of the molecule is C/C=C(/C)c1ncc(-c2cccc(C)c2)cc1C.C=C(C)CC.CC.CCCC(C)CC. The number of aryl methyl sites for hydroxylation is 2. The highest BCUT2D eigenvalue weighted by Gasteiger charge is 2.05. The van der Waals surface area contributed by atoms with Crippen molar-refractivity contribution in [3.8, 4) is 11.1 Å². The van der Waals surface area contributed by atoms with Gasteiger partial charge in [-0.1, -0.05) is 102 Å². The van der Waals surface area contributed by atoms with E-state index in [-0.39, 0.29) is 0 Å². The molecule has 0 aliphatic heterocycles. The van der Waals surface area contributed by atoms with Gasteiger partial charge in [-0.15, -0.1) is 6.58 Å². The first-order valence-corrected chi connectivity index (χ1v) is 12.5. The van der Waals surface area contributed by atoms with Gasteiger partial charge in [0.1, 0.15) is 0 Å². The van der Waals surface area contributed by atoms with Gasteiger partial charge in [0.15, 0.2) is 0 Å². The van der Waals surface area contributed by atoms with Gasteiger partial charge in [0.05, 0.1) is 5.69 Å². The number of aromatic nitrogens is 1. The van der Waals surface area contributed by atoms with E-state index in [9.17, 15) is 0 Å². The van der Waals surface area contributed by atoms with E-state index >= 15 is 0 Å². The molecule has 0 saturated heterocycles. The molecular weight excluding hydrogens is 386 g/mol. The average molecular weight is 438 g/mol. The van der Waals surface area contributed by atoms with Crippen molar-refractivity contribution in [1.82, 2.24) is 4.98 Å². The van der Waals surface area contributed by atoms with E-state index in [0.29, 0.717) is 0 Å². The molecule has 1 heterocycles. The highest BCUT2D eigenvalue weighted by molar-refractivity contribution is 5.69. The topological polar surface area (TPSA) is 12.9 Å². The minimum absolute atomic E-state index is 0.949. The van der Waals surface area contributed by atoms with Gasteiger partial charge in [-0.25, -0.2) is 0 Å². The first-order chi connectivity index (χ1) is 15.2. The molecule has 0 radical (unpaired) electrons. The molecular formula is C31H51N. The van der Waals surface area contributed by atoms with Crippen LogP contribution in [0.25, 0.3) is 16.7 Å². The summed E-state index contributed by atoms with van der Waals surface area (Å²) in [4.78, 5) is 4.59. The Balaban J connectivity index is 0. The number of hydrogen-bond donors (Lipinski definition) is 0. The zero-order chi connectivity index (χ0) is 25.1. The molecule has 0 N–H and O–H groups in total. The lowest BCUT2D eigenvalue weighted by Crippen LogP contribution is -1.92. The number of pyridine rings is 1. The highest BCUT2D eigenvalue weighted by Crippen LogP contribution is 2.24. The Morgan fingerprint density at radius 3 is 2.00 bits per heavy atom. The predicted octanol–water partition coefficient (Wildman–Crippen LogP) is 10.6. The van der Waals surface area contributed by atoms with E-state index < -0.39 is 0 Å². The highest BCUT2D eigenvalue weighted by atomic mass is 14.7. The van der Waals surface area contributed by atoms with Crippen molar-refractivity contribution in [3.05, 3.63) is 71.6 Å². The second-order valence-corrected chi connectivity index (χ2v) is 8.34. The van der Waals surface area contributed by atoms with Crippen LogP contribution in [-0.2, 0) is 0 Å². The Hall–Kier alpha value is -2.15. The molecule has 0 bridgehead atoms. The normalized spacial score (nSPS) is 11.0. The van der Waals surface area contributed by atoms with E-state index in [0.717, 1.165) is 18.0 Å². The first kappa shape index (κ1) is 32.0. The van der Waals surface area contributed by atoms with Crippen LogP contribution in [0.5, 0.6) is 0 Å². The monoisotopic (exact) mass is 437 g/mol. The smallest absolute Gasteiger partial charge is 0.0685 e. The number of rotatable bonds is 6. The summed E-state index contributed by atoms with van der Waals surface area (Å²) < 4.78 is 0. The molecule has 1 atom stereocenters. The molecule has 2 aromatic rings. The number of benzene rings is 1. The largest absolute Gasteiger partial charge is 0.256 e. The molecule has 0 amide bonds. The van der Waals surface area contributed by atoms with Gasteiger partial charge < -0.3 is 0 Å². The van der Waals surface area contributed by atoms with Crippen LogP contribution in [0.2, 0.25) is 0 Å². The van der Waals surface area contributed by atoms with Gasteiger partial charge in [-0.3, -0.25) is 4.98 Å². The van der Waals surface area contributed by atoms with Crippen molar-refractivity contribution < 1.29 is 0 Å². The molecule has 1 aromatic carbocycles. The third-order valence-electron chi connectivity index (χ3n) is 5.32. The zero-order valence-electron chi connectivity index (χ0n) is 23.1. The summed E-state index contributed by atoms with van der Waals surface area (Å²) in [7, 11) is 0. The number of allylic oxidation sites excluding steroid dienone is 3. The van der Waals surface area contributed by atoms with Crippen LogP contribution >= 0.6 is 0 Å². The fraction of sp³-hybridized carbons (Fsp3) is 0.516. The summed E-state index contributed by atoms with van der Waals surface area (Å²) in [6.07, 6.45) is 9.26. The quantitative estimate of drug-likeness (QED) is 0.409. The van der Waals surface area contributed by atoms with Gasteiger partial charge in [0, 0.05) is 11.8 Å². The standard InChI is InChI=1S/C17H19N.C7H16.C5H10.C2H6/c1-5-13(3)17-14(4)10-16(11-18-17)15-8-6-7-12(2)9-15;1-4-6-7(3)5-2;1-4-5(2)3;1-2/h5-11H,1-4H3;7H,4-6H2,1-3H3;2,4H2,1,3H3;1-2H3/b13-5-;;;. The lowest BCUT2D eigenvalue weighted by molar-refractivity contribution is 0.509. The molecule has 1 nitrogen and oxygen atoms in total. The van der Waals surface area contributed by atoms with Crippen molar-refractivity contribution in [2.45, 2.75) is 102 Å². The van der Waals surface area contributed by atoms with Crippen molar-refractivity contribution in [3.63, 3.8) is 0 Å². The van der Waals surface area contributed by atoms with Crippen LogP contribution in [0.15, 0.2) is 54.8 Å². The molecule has 180 valence electrons.